The Morgan fingerprint density at radius 3 is 3.00 bits per heavy atom. The Balaban J connectivity index is 2.23. The molecule has 0 spiro atoms. The summed E-state index contributed by atoms with van der Waals surface area (Å²) >= 11 is 0. The smallest absolute Gasteiger partial charge is 0.246 e. The van der Waals surface area contributed by atoms with E-state index in [0.29, 0.717) is 6.42 Å². The number of carbonyl (C=O) groups is 1. The van der Waals surface area contributed by atoms with Crippen molar-refractivity contribution in [3.8, 4) is 0 Å². The number of amides is 1. The van der Waals surface area contributed by atoms with Gasteiger partial charge in [0.15, 0.2) is 0 Å². The number of aliphatic hydroxyl groups is 1. The summed E-state index contributed by atoms with van der Waals surface area (Å²) in [7, 11) is 0. The standard InChI is InChI=1S/C7H14N2O2/c8-7(11)6(10)4-5-2-1-3-9-5/h5-6,9-10H,1-4H2,(H2,8,11). The highest BCUT2D eigenvalue weighted by Crippen LogP contribution is 2.10. The van der Waals surface area contributed by atoms with E-state index in [4.69, 9.17) is 10.8 Å². The lowest BCUT2D eigenvalue weighted by molar-refractivity contribution is -0.126. The van der Waals surface area contributed by atoms with E-state index in [-0.39, 0.29) is 6.04 Å². The Kier molecular flexibility index (Phi) is 2.84. The van der Waals surface area contributed by atoms with Crippen molar-refractivity contribution in [3.05, 3.63) is 0 Å². The fourth-order valence-corrected chi connectivity index (χ4v) is 1.34. The van der Waals surface area contributed by atoms with E-state index in [2.05, 4.69) is 5.32 Å². The van der Waals surface area contributed by atoms with E-state index in [1.54, 1.807) is 0 Å². The van der Waals surface area contributed by atoms with E-state index in [1.807, 2.05) is 0 Å². The molecule has 2 unspecified atom stereocenters. The van der Waals surface area contributed by atoms with Crippen molar-refractivity contribution in [1.82, 2.24) is 5.32 Å². The number of nitrogens with one attached hydrogen (secondary N) is 1. The van der Waals surface area contributed by atoms with Gasteiger partial charge in [-0.05, 0) is 25.8 Å². The molecule has 0 aromatic carbocycles. The van der Waals surface area contributed by atoms with E-state index in [1.165, 1.54) is 0 Å². The second-order valence-corrected chi connectivity index (χ2v) is 2.95. The molecule has 4 nitrogen and oxygen atoms in total. The van der Waals surface area contributed by atoms with E-state index >= 15 is 0 Å². The highest BCUT2D eigenvalue weighted by molar-refractivity contribution is 5.78. The topological polar surface area (TPSA) is 75.4 Å². The van der Waals surface area contributed by atoms with Crippen LogP contribution < -0.4 is 11.1 Å². The van der Waals surface area contributed by atoms with Crippen LogP contribution >= 0.6 is 0 Å². The van der Waals surface area contributed by atoms with Crippen molar-refractivity contribution >= 4 is 5.91 Å². The van der Waals surface area contributed by atoms with Crippen LogP contribution in [-0.2, 0) is 4.79 Å². The van der Waals surface area contributed by atoms with Gasteiger partial charge in [0.25, 0.3) is 0 Å². The highest BCUT2D eigenvalue weighted by Gasteiger charge is 2.20. The summed E-state index contributed by atoms with van der Waals surface area (Å²) in [6.45, 7) is 0.982. The van der Waals surface area contributed by atoms with E-state index in [0.717, 1.165) is 19.4 Å². The van der Waals surface area contributed by atoms with E-state index in [9.17, 15) is 4.79 Å². The summed E-state index contributed by atoms with van der Waals surface area (Å²) in [5.74, 6) is -0.626. The summed E-state index contributed by atoms with van der Waals surface area (Å²) in [6, 6.07) is 0.275. The lowest BCUT2D eigenvalue weighted by Crippen LogP contribution is -2.35. The zero-order valence-corrected chi connectivity index (χ0v) is 6.42. The lowest BCUT2D eigenvalue weighted by Gasteiger charge is -2.12. The number of primary amides is 1. The molecule has 4 heteroatoms. The molecule has 1 heterocycles. The maximum atomic E-state index is 10.4. The summed E-state index contributed by atoms with van der Waals surface area (Å²) in [6.07, 6.45) is 1.63. The first kappa shape index (κ1) is 8.49. The molecule has 1 fully saturated rings. The third-order valence-electron chi connectivity index (χ3n) is 2.00. The SMILES string of the molecule is NC(=O)C(O)CC1CCCN1. The Hall–Kier alpha value is -0.610. The van der Waals surface area contributed by atoms with Gasteiger partial charge in [-0.1, -0.05) is 0 Å². The Morgan fingerprint density at radius 1 is 1.82 bits per heavy atom. The molecule has 1 aliphatic heterocycles. The van der Waals surface area contributed by atoms with Crippen molar-refractivity contribution in [1.29, 1.82) is 0 Å². The maximum absolute atomic E-state index is 10.4. The number of hydrogen-bond donors (Lipinski definition) is 3. The second-order valence-electron chi connectivity index (χ2n) is 2.95. The van der Waals surface area contributed by atoms with Gasteiger partial charge in [0.1, 0.15) is 6.10 Å². The molecule has 0 saturated carbocycles. The lowest BCUT2D eigenvalue weighted by atomic mass is 10.1. The number of rotatable bonds is 3. The average Bonchev–Trinajstić information content (AvgIpc) is 2.39. The summed E-state index contributed by atoms with van der Waals surface area (Å²) in [5.41, 5.74) is 4.90. The maximum Gasteiger partial charge on any atom is 0.246 e. The molecular formula is C7H14N2O2. The van der Waals surface area contributed by atoms with Crippen molar-refractivity contribution < 1.29 is 9.90 Å². The van der Waals surface area contributed by atoms with Crippen LogP contribution in [0.15, 0.2) is 0 Å². The monoisotopic (exact) mass is 158 g/mol. The predicted octanol–water partition coefficient (Wildman–Crippen LogP) is -1.03. The molecule has 1 aliphatic rings. The highest BCUT2D eigenvalue weighted by atomic mass is 16.3. The van der Waals surface area contributed by atoms with Crippen LogP contribution in [0.3, 0.4) is 0 Å². The van der Waals surface area contributed by atoms with Crippen LogP contribution in [0, 0.1) is 0 Å². The predicted molar refractivity (Wildman–Crippen MR) is 40.8 cm³/mol. The molecule has 1 rings (SSSR count). The van der Waals surface area contributed by atoms with Gasteiger partial charge >= 0.3 is 0 Å². The van der Waals surface area contributed by atoms with Crippen LogP contribution in [0.4, 0.5) is 0 Å². The largest absolute Gasteiger partial charge is 0.383 e. The molecule has 1 saturated heterocycles. The molecule has 4 N–H and O–H groups in total. The molecule has 0 bridgehead atoms. The first-order valence-electron chi connectivity index (χ1n) is 3.91. The average molecular weight is 158 g/mol. The fraction of sp³-hybridized carbons (Fsp3) is 0.857. The van der Waals surface area contributed by atoms with Crippen LogP contribution in [0.25, 0.3) is 0 Å². The summed E-state index contributed by atoms with van der Waals surface area (Å²) in [5, 5.41) is 12.2. The first-order valence-corrected chi connectivity index (χ1v) is 3.91. The quantitative estimate of drug-likeness (QED) is 0.492. The normalized spacial score (nSPS) is 26.8. The van der Waals surface area contributed by atoms with Gasteiger partial charge in [0.2, 0.25) is 5.91 Å². The minimum Gasteiger partial charge on any atom is -0.383 e. The van der Waals surface area contributed by atoms with Crippen LogP contribution in [-0.4, -0.2) is 29.7 Å². The third kappa shape index (κ3) is 2.48. The molecule has 2 atom stereocenters. The van der Waals surface area contributed by atoms with Crippen LogP contribution in [0.1, 0.15) is 19.3 Å². The first-order chi connectivity index (χ1) is 5.20. The van der Waals surface area contributed by atoms with Crippen molar-refractivity contribution in [2.24, 2.45) is 5.73 Å². The van der Waals surface area contributed by atoms with Gasteiger partial charge in [0.05, 0.1) is 0 Å². The van der Waals surface area contributed by atoms with Crippen molar-refractivity contribution in [2.45, 2.75) is 31.4 Å². The minimum absolute atomic E-state index is 0.275. The van der Waals surface area contributed by atoms with Crippen LogP contribution in [0.2, 0.25) is 0 Å². The molecule has 64 valence electrons. The van der Waals surface area contributed by atoms with Gasteiger partial charge in [-0.25, -0.2) is 0 Å². The van der Waals surface area contributed by atoms with Gasteiger partial charge in [-0.15, -0.1) is 0 Å². The minimum atomic E-state index is -0.981. The number of carbonyl (C=O) groups excluding carboxylic acids is 1. The number of hydrogen-bond acceptors (Lipinski definition) is 3. The molecule has 0 aliphatic carbocycles. The van der Waals surface area contributed by atoms with Gasteiger partial charge in [0, 0.05) is 6.04 Å². The number of aliphatic hydroxyl groups excluding tert-OH is 1. The fourth-order valence-electron chi connectivity index (χ4n) is 1.34. The third-order valence-corrected chi connectivity index (χ3v) is 2.00. The Morgan fingerprint density at radius 2 is 2.55 bits per heavy atom. The summed E-state index contributed by atoms with van der Waals surface area (Å²) in [4.78, 5) is 10.4. The van der Waals surface area contributed by atoms with Gasteiger partial charge in [-0.2, -0.15) is 0 Å². The summed E-state index contributed by atoms with van der Waals surface area (Å²) < 4.78 is 0. The zero-order valence-electron chi connectivity index (χ0n) is 6.42. The van der Waals surface area contributed by atoms with Gasteiger partial charge < -0.3 is 16.2 Å². The Labute approximate surface area is 65.8 Å². The van der Waals surface area contributed by atoms with Crippen molar-refractivity contribution in [3.63, 3.8) is 0 Å². The molecular weight excluding hydrogens is 144 g/mol. The molecule has 0 aromatic heterocycles. The molecule has 0 aromatic rings. The molecule has 1 amide bonds. The van der Waals surface area contributed by atoms with Crippen LogP contribution in [0.5, 0.6) is 0 Å². The Bertz CT molecular complexity index is 143. The number of nitrogens with two attached hydrogens (primary N) is 1. The van der Waals surface area contributed by atoms with Crippen molar-refractivity contribution in [2.75, 3.05) is 6.54 Å². The molecule has 11 heavy (non-hydrogen) atoms. The zero-order chi connectivity index (χ0) is 8.27. The second kappa shape index (κ2) is 3.69. The van der Waals surface area contributed by atoms with E-state index < -0.39 is 12.0 Å². The molecule has 0 radical (unpaired) electrons. The van der Waals surface area contributed by atoms with Gasteiger partial charge in [-0.3, -0.25) is 4.79 Å².